The quantitative estimate of drug-likeness (QED) is 0.323. The van der Waals surface area contributed by atoms with Gasteiger partial charge in [0.1, 0.15) is 11.5 Å². The summed E-state index contributed by atoms with van der Waals surface area (Å²) in [4.78, 5) is 0. The molecule has 0 aliphatic heterocycles. The molecule has 5 heteroatoms. The van der Waals surface area contributed by atoms with Crippen LogP contribution in [0.5, 0.6) is 11.5 Å². The number of phenols is 1. The Morgan fingerprint density at radius 1 is 0.935 bits per heavy atom. The molecule has 4 rings (SSSR count). The molecule has 1 N–H and O–H groups in total. The highest BCUT2D eigenvalue weighted by Gasteiger charge is 2.40. The van der Waals surface area contributed by atoms with Gasteiger partial charge < -0.3 is 9.53 Å². The highest BCUT2D eigenvalue weighted by atomic mass is 79.9. The van der Waals surface area contributed by atoms with Crippen LogP contribution in [0.2, 0.25) is 18.1 Å². The monoisotopic (exact) mass is 560 g/mol. The lowest BCUT2D eigenvalue weighted by Crippen LogP contribution is -2.44. The molecule has 0 atom stereocenters. The van der Waals surface area contributed by atoms with Crippen molar-refractivity contribution < 1.29 is 9.53 Å². The molecule has 2 nitrogen and oxygen atoms in total. The van der Waals surface area contributed by atoms with Crippen molar-refractivity contribution in [3.8, 4) is 22.6 Å². The van der Waals surface area contributed by atoms with Crippen molar-refractivity contribution in [2.75, 3.05) is 0 Å². The Labute approximate surface area is 203 Å². The van der Waals surface area contributed by atoms with Crippen LogP contribution in [0.3, 0.4) is 0 Å². The Morgan fingerprint density at radius 2 is 1.61 bits per heavy atom. The molecule has 0 amide bonds. The molecule has 0 aromatic heterocycles. The minimum Gasteiger partial charge on any atom is -0.542 e. The van der Waals surface area contributed by atoms with E-state index >= 15 is 0 Å². The second-order valence-electron chi connectivity index (χ2n) is 10.1. The van der Waals surface area contributed by atoms with Gasteiger partial charge in [0.25, 0.3) is 8.32 Å². The molecule has 3 aromatic carbocycles. The zero-order valence-corrected chi connectivity index (χ0v) is 23.1. The van der Waals surface area contributed by atoms with Crippen molar-refractivity contribution in [1.29, 1.82) is 0 Å². The van der Waals surface area contributed by atoms with Crippen molar-refractivity contribution in [3.05, 3.63) is 56.5 Å². The van der Waals surface area contributed by atoms with E-state index in [1.165, 1.54) is 17.5 Å². The molecular formula is C26H30Br2O2Si. The smallest absolute Gasteiger partial charge is 0.250 e. The number of fused-ring (bicyclic) bond motifs is 2. The second-order valence-corrected chi connectivity index (χ2v) is 16.5. The first kappa shape index (κ1) is 22.9. The van der Waals surface area contributed by atoms with Crippen LogP contribution in [0.1, 0.15) is 44.7 Å². The third-order valence-corrected chi connectivity index (χ3v) is 12.5. The molecule has 0 radical (unpaired) electrons. The van der Waals surface area contributed by atoms with Gasteiger partial charge in [-0.15, -0.1) is 0 Å². The molecule has 3 aromatic rings. The summed E-state index contributed by atoms with van der Waals surface area (Å²) < 4.78 is 8.64. The molecule has 0 saturated heterocycles. The highest BCUT2D eigenvalue weighted by Crippen LogP contribution is 2.52. The third-order valence-electron chi connectivity index (χ3n) is 6.95. The summed E-state index contributed by atoms with van der Waals surface area (Å²) in [6.45, 7) is 11.3. The second kappa shape index (κ2) is 8.24. The van der Waals surface area contributed by atoms with Crippen LogP contribution in [0, 0.1) is 0 Å². The summed E-state index contributed by atoms with van der Waals surface area (Å²) in [6.07, 6.45) is 4.36. The van der Waals surface area contributed by atoms with E-state index in [2.05, 4.69) is 102 Å². The van der Waals surface area contributed by atoms with Crippen LogP contribution in [0.25, 0.3) is 21.9 Å². The highest BCUT2D eigenvalue weighted by molar-refractivity contribution is 9.11. The number of aryl methyl sites for hydroxylation is 1. The van der Waals surface area contributed by atoms with Gasteiger partial charge in [0, 0.05) is 11.1 Å². The van der Waals surface area contributed by atoms with Gasteiger partial charge in [0.05, 0.1) is 8.95 Å². The molecule has 31 heavy (non-hydrogen) atoms. The van der Waals surface area contributed by atoms with Crippen LogP contribution in [-0.4, -0.2) is 13.4 Å². The minimum absolute atomic E-state index is 0.0636. The number of halogens is 2. The fraction of sp³-hybridized carbons (Fsp3) is 0.385. The summed E-state index contributed by atoms with van der Waals surface area (Å²) in [5, 5.41) is 13.6. The number of hydrogen-bond acceptors (Lipinski definition) is 2. The van der Waals surface area contributed by atoms with Crippen LogP contribution in [0.4, 0.5) is 0 Å². The van der Waals surface area contributed by atoms with Gasteiger partial charge in [0.15, 0.2) is 0 Å². The van der Waals surface area contributed by atoms with Crippen molar-refractivity contribution in [2.45, 2.75) is 64.6 Å². The van der Waals surface area contributed by atoms with Crippen molar-refractivity contribution in [2.24, 2.45) is 0 Å². The predicted molar refractivity (Wildman–Crippen MR) is 141 cm³/mol. The summed E-state index contributed by atoms with van der Waals surface area (Å²) in [5.41, 5.74) is 4.52. The largest absolute Gasteiger partial charge is 0.542 e. The zero-order valence-electron chi connectivity index (χ0n) is 18.9. The number of rotatable bonds is 3. The van der Waals surface area contributed by atoms with Crippen LogP contribution >= 0.6 is 31.9 Å². The SMILES string of the molecule is CC(C)(C)[Si](C)(C)Oc1c(Br)cc2ccccc2c1-c1c(O)c(Br)cc2c1CCCC2. The Morgan fingerprint density at radius 3 is 2.32 bits per heavy atom. The Balaban J connectivity index is 2.10. The average Bonchev–Trinajstić information content (AvgIpc) is 2.69. The number of benzene rings is 3. The summed E-state index contributed by atoms with van der Waals surface area (Å²) >= 11 is 7.46. The maximum Gasteiger partial charge on any atom is 0.250 e. The molecule has 0 unspecified atom stereocenters. The Bertz CT molecular complexity index is 1160. The molecule has 1 aliphatic rings. The van der Waals surface area contributed by atoms with E-state index in [9.17, 15) is 5.11 Å². The summed E-state index contributed by atoms with van der Waals surface area (Å²) in [7, 11) is -2.12. The van der Waals surface area contributed by atoms with E-state index in [0.29, 0.717) is 5.75 Å². The van der Waals surface area contributed by atoms with Crippen LogP contribution in [-0.2, 0) is 12.8 Å². The van der Waals surface area contributed by atoms with Crippen molar-refractivity contribution >= 4 is 50.9 Å². The van der Waals surface area contributed by atoms with E-state index in [1.54, 1.807) is 0 Å². The third kappa shape index (κ3) is 4.09. The maximum atomic E-state index is 11.3. The topological polar surface area (TPSA) is 29.5 Å². The lowest BCUT2D eigenvalue weighted by molar-refractivity contribution is 0.470. The average molecular weight is 562 g/mol. The van der Waals surface area contributed by atoms with Crippen molar-refractivity contribution in [3.63, 3.8) is 0 Å². The molecule has 0 spiro atoms. The molecule has 1 aliphatic carbocycles. The van der Waals surface area contributed by atoms with Crippen LogP contribution in [0.15, 0.2) is 45.3 Å². The number of hydrogen-bond donors (Lipinski definition) is 1. The lowest BCUT2D eigenvalue weighted by Gasteiger charge is -2.38. The maximum absolute atomic E-state index is 11.3. The van der Waals surface area contributed by atoms with Crippen molar-refractivity contribution in [1.82, 2.24) is 0 Å². The molecule has 0 bridgehead atoms. The zero-order chi connectivity index (χ0) is 22.6. The van der Waals surface area contributed by atoms with E-state index in [0.717, 1.165) is 55.9 Å². The predicted octanol–water partition coefficient (Wildman–Crippen LogP) is 9.00. The van der Waals surface area contributed by atoms with Gasteiger partial charge >= 0.3 is 0 Å². The fourth-order valence-electron chi connectivity index (χ4n) is 4.18. The van der Waals surface area contributed by atoms with Gasteiger partial charge in [0.2, 0.25) is 0 Å². The van der Waals surface area contributed by atoms with E-state index in [1.807, 2.05) is 0 Å². The first-order valence-corrected chi connectivity index (χ1v) is 15.4. The summed E-state index contributed by atoms with van der Waals surface area (Å²) in [6, 6.07) is 12.6. The fourth-order valence-corrected chi connectivity index (χ4v) is 6.36. The number of aromatic hydroxyl groups is 1. The van der Waals surface area contributed by atoms with Gasteiger partial charge in [-0.3, -0.25) is 0 Å². The Hall–Kier alpha value is -1.30. The lowest BCUT2D eigenvalue weighted by atomic mass is 9.84. The van der Waals surface area contributed by atoms with Gasteiger partial charge in [-0.2, -0.15) is 0 Å². The van der Waals surface area contributed by atoms with Gasteiger partial charge in [-0.05, 0) is 110 Å². The number of phenolic OH excluding ortho intramolecular Hbond substituents is 1. The van der Waals surface area contributed by atoms with Crippen LogP contribution < -0.4 is 4.43 Å². The van der Waals surface area contributed by atoms with E-state index in [4.69, 9.17) is 4.43 Å². The van der Waals surface area contributed by atoms with E-state index in [-0.39, 0.29) is 5.04 Å². The molecule has 0 fully saturated rings. The standard InChI is InChI=1S/C26H30Br2O2Si/c1-26(2,3)31(4,5)30-25-21(28)15-17-11-7-9-13-19(17)23(25)22-18-12-8-6-10-16(18)14-20(27)24(22)29/h7,9,11,13-15,29H,6,8,10,12H2,1-5H3. The minimum atomic E-state index is -2.12. The van der Waals surface area contributed by atoms with E-state index < -0.39 is 8.32 Å². The molecule has 0 saturated carbocycles. The first-order chi connectivity index (χ1) is 14.5. The molecular weight excluding hydrogens is 532 g/mol. The summed E-state index contributed by atoms with van der Waals surface area (Å²) in [5.74, 6) is 1.16. The normalized spacial score (nSPS) is 14.5. The van der Waals surface area contributed by atoms with Gasteiger partial charge in [-0.1, -0.05) is 45.0 Å². The molecule has 0 heterocycles. The first-order valence-electron chi connectivity index (χ1n) is 10.9. The van der Waals surface area contributed by atoms with Gasteiger partial charge in [-0.25, -0.2) is 0 Å². The molecule has 164 valence electrons. The Kier molecular flexibility index (Phi) is 6.08.